The lowest BCUT2D eigenvalue weighted by Crippen LogP contribution is -2.61. The molecule has 1 aromatic heterocycles. The first-order chi connectivity index (χ1) is 17.6. The molecule has 0 spiro atoms. The molecule has 1 saturated heterocycles. The number of methoxy groups -OCH3 is 1. The number of carbonyl (C=O) groups is 2. The van der Waals surface area contributed by atoms with Crippen LogP contribution in [0.5, 0.6) is 0 Å². The van der Waals surface area contributed by atoms with Gasteiger partial charge in [-0.2, -0.15) is 0 Å². The molecule has 1 aromatic carbocycles. The van der Waals surface area contributed by atoms with Gasteiger partial charge in [-0.05, 0) is 55.4 Å². The van der Waals surface area contributed by atoms with Gasteiger partial charge in [-0.3, -0.25) is 19.5 Å². The van der Waals surface area contributed by atoms with Crippen molar-refractivity contribution in [2.24, 2.45) is 0 Å². The molecular weight excluding hydrogens is 464 g/mol. The quantitative estimate of drug-likeness (QED) is 0.580. The smallest absolute Gasteiger partial charge is 0.251 e. The summed E-state index contributed by atoms with van der Waals surface area (Å²) in [6, 6.07) is 11.4. The van der Waals surface area contributed by atoms with Crippen LogP contribution in [-0.2, 0) is 25.3 Å². The molecule has 1 aliphatic carbocycles. The second-order valence-electron chi connectivity index (χ2n) is 11.6. The Kier molecular flexibility index (Phi) is 8.34. The lowest BCUT2D eigenvalue weighted by molar-refractivity contribution is -0.131. The number of ether oxygens (including phenoxy) is 1. The molecule has 7 nitrogen and oxygen atoms in total. The van der Waals surface area contributed by atoms with Crippen LogP contribution in [0.15, 0.2) is 48.8 Å². The maximum atomic E-state index is 14.3. The molecule has 2 aromatic rings. The van der Waals surface area contributed by atoms with Crippen molar-refractivity contribution in [1.82, 2.24) is 15.6 Å². The SMILES string of the molecule is CO[C@H]1CN[C@@H](C(=O)N(c2ccc(C(C)(C)C)cc2)C(C)(C(=O)NC2CCCCC2)c2cccnc2)C1. The third kappa shape index (κ3) is 5.88. The van der Waals surface area contributed by atoms with Crippen molar-refractivity contribution in [1.29, 1.82) is 0 Å². The summed E-state index contributed by atoms with van der Waals surface area (Å²) in [6.07, 6.45) is 9.24. The molecule has 200 valence electrons. The number of amides is 2. The number of nitrogens with one attached hydrogen (secondary N) is 2. The Hall–Kier alpha value is -2.77. The number of benzene rings is 1. The third-order valence-electron chi connectivity index (χ3n) is 7.99. The molecule has 7 heteroatoms. The summed E-state index contributed by atoms with van der Waals surface area (Å²) < 4.78 is 5.53. The van der Waals surface area contributed by atoms with Gasteiger partial charge in [-0.15, -0.1) is 0 Å². The zero-order valence-electron chi connectivity index (χ0n) is 22.9. The van der Waals surface area contributed by atoms with Crippen LogP contribution in [0.4, 0.5) is 5.69 Å². The maximum Gasteiger partial charge on any atom is 0.251 e. The van der Waals surface area contributed by atoms with Crippen LogP contribution in [0, 0.1) is 0 Å². The highest BCUT2D eigenvalue weighted by Crippen LogP contribution is 2.36. The Morgan fingerprint density at radius 3 is 2.30 bits per heavy atom. The zero-order valence-corrected chi connectivity index (χ0v) is 22.9. The predicted octanol–water partition coefficient (Wildman–Crippen LogP) is 4.45. The van der Waals surface area contributed by atoms with E-state index in [1.165, 1.54) is 6.42 Å². The van der Waals surface area contributed by atoms with E-state index in [1.54, 1.807) is 24.4 Å². The minimum Gasteiger partial charge on any atom is -0.380 e. The molecule has 0 radical (unpaired) electrons. The molecule has 1 unspecified atom stereocenters. The van der Waals surface area contributed by atoms with E-state index in [0.717, 1.165) is 31.2 Å². The van der Waals surface area contributed by atoms with Crippen molar-refractivity contribution in [2.45, 2.75) is 95.4 Å². The second-order valence-corrected chi connectivity index (χ2v) is 11.6. The number of anilines is 1. The monoisotopic (exact) mass is 506 g/mol. The van der Waals surface area contributed by atoms with E-state index in [0.29, 0.717) is 24.2 Å². The van der Waals surface area contributed by atoms with E-state index in [9.17, 15) is 9.59 Å². The number of rotatable bonds is 7. The van der Waals surface area contributed by atoms with Gasteiger partial charge >= 0.3 is 0 Å². The van der Waals surface area contributed by atoms with E-state index in [1.807, 2.05) is 31.2 Å². The molecule has 37 heavy (non-hydrogen) atoms. The molecule has 3 atom stereocenters. The van der Waals surface area contributed by atoms with Crippen molar-refractivity contribution in [3.8, 4) is 0 Å². The summed E-state index contributed by atoms with van der Waals surface area (Å²) in [5, 5.41) is 6.63. The van der Waals surface area contributed by atoms with Gasteiger partial charge in [0.1, 0.15) is 0 Å². The highest BCUT2D eigenvalue weighted by Gasteiger charge is 2.48. The largest absolute Gasteiger partial charge is 0.380 e. The van der Waals surface area contributed by atoms with Crippen LogP contribution in [-0.4, -0.2) is 48.6 Å². The Bertz CT molecular complexity index is 1060. The van der Waals surface area contributed by atoms with Crippen molar-refractivity contribution >= 4 is 17.5 Å². The summed E-state index contributed by atoms with van der Waals surface area (Å²) in [7, 11) is 1.67. The van der Waals surface area contributed by atoms with Crippen LogP contribution < -0.4 is 15.5 Å². The van der Waals surface area contributed by atoms with Crippen LogP contribution in [0.2, 0.25) is 0 Å². The fourth-order valence-electron chi connectivity index (χ4n) is 5.53. The number of nitrogens with zero attached hydrogens (tertiary/aromatic N) is 2. The van der Waals surface area contributed by atoms with Gasteiger partial charge < -0.3 is 15.4 Å². The van der Waals surface area contributed by atoms with Crippen molar-refractivity contribution in [2.75, 3.05) is 18.6 Å². The predicted molar refractivity (Wildman–Crippen MR) is 146 cm³/mol. The molecule has 2 heterocycles. The summed E-state index contributed by atoms with van der Waals surface area (Å²) >= 11 is 0. The summed E-state index contributed by atoms with van der Waals surface area (Å²) in [6.45, 7) is 8.93. The van der Waals surface area contributed by atoms with Gasteiger partial charge in [0.25, 0.3) is 5.91 Å². The minimum absolute atomic E-state index is 0.0307. The maximum absolute atomic E-state index is 14.3. The first-order valence-corrected chi connectivity index (χ1v) is 13.6. The molecule has 4 rings (SSSR count). The highest BCUT2D eigenvalue weighted by atomic mass is 16.5. The fourth-order valence-corrected chi connectivity index (χ4v) is 5.53. The van der Waals surface area contributed by atoms with Crippen LogP contribution >= 0.6 is 0 Å². The highest BCUT2D eigenvalue weighted by molar-refractivity contribution is 6.06. The Morgan fingerprint density at radius 1 is 1.03 bits per heavy atom. The standard InChI is InChI=1S/C30H42N4O3/c1-29(2,3)21-13-15-24(16-14-21)34(27(35)26-18-25(37-5)20-32-26)30(4,22-10-9-17-31-19-22)28(36)33-23-11-7-6-8-12-23/h9-10,13-17,19,23,25-26,32H,6-8,11-12,18,20H2,1-5H3,(H,33,36)/t25-,26-,30?/m1/s1. The molecule has 2 N–H and O–H groups in total. The summed E-state index contributed by atoms with van der Waals surface area (Å²) in [5.74, 6) is -0.324. The van der Waals surface area contributed by atoms with Gasteiger partial charge in [-0.1, -0.05) is 58.2 Å². The molecular formula is C30H42N4O3. The van der Waals surface area contributed by atoms with E-state index in [4.69, 9.17) is 4.74 Å². The normalized spacial score (nSPS) is 22.3. The van der Waals surface area contributed by atoms with Gasteiger partial charge in [0.05, 0.1) is 12.1 Å². The number of hydrogen-bond acceptors (Lipinski definition) is 5. The van der Waals surface area contributed by atoms with Crippen LogP contribution in [0.1, 0.15) is 77.3 Å². The molecule has 1 saturated carbocycles. The van der Waals surface area contributed by atoms with Crippen molar-refractivity contribution in [3.05, 3.63) is 59.9 Å². The summed E-state index contributed by atoms with van der Waals surface area (Å²) in [4.78, 5) is 34.6. The fraction of sp³-hybridized carbons (Fsp3) is 0.567. The third-order valence-corrected chi connectivity index (χ3v) is 7.99. The molecule has 2 fully saturated rings. The molecule has 2 amide bonds. The Morgan fingerprint density at radius 2 is 1.73 bits per heavy atom. The van der Waals surface area contributed by atoms with E-state index >= 15 is 0 Å². The van der Waals surface area contributed by atoms with Gasteiger partial charge in [0.2, 0.25) is 5.91 Å². The molecule has 1 aliphatic heterocycles. The number of hydrogen-bond donors (Lipinski definition) is 2. The van der Waals surface area contributed by atoms with Crippen LogP contribution in [0.3, 0.4) is 0 Å². The average molecular weight is 507 g/mol. The second kappa shape index (κ2) is 11.3. The number of aromatic nitrogens is 1. The first kappa shape index (κ1) is 27.3. The summed E-state index contributed by atoms with van der Waals surface area (Å²) in [5.41, 5.74) is 1.20. The van der Waals surface area contributed by atoms with Crippen molar-refractivity contribution < 1.29 is 14.3 Å². The van der Waals surface area contributed by atoms with Crippen LogP contribution in [0.25, 0.3) is 0 Å². The number of carbonyl (C=O) groups excluding carboxylic acids is 2. The van der Waals surface area contributed by atoms with E-state index < -0.39 is 11.6 Å². The van der Waals surface area contributed by atoms with Crippen molar-refractivity contribution in [3.63, 3.8) is 0 Å². The number of pyridine rings is 1. The van der Waals surface area contributed by atoms with E-state index in [2.05, 4.69) is 48.5 Å². The molecule has 2 aliphatic rings. The Balaban J connectivity index is 1.80. The minimum atomic E-state index is -1.29. The average Bonchev–Trinajstić information content (AvgIpc) is 3.39. The van der Waals surface area contributed by atoms with Gasteiger partial charge in [-0.25, -0.2) is 0 Å². The van der Waals surface area contributed by atoms with E-state index in [-0.39, 0.29) is 29.4 Å². The Labute approximate surface area is 221 Å². The van der Waals surface area contributed by atoms with Gasteiger partial charge in [0.15, 0.2) is 5.54 Å². The van der Waals surface area contributed by atoms with Gasteiger partial charge in [0, 0.05) is 43.3 Å². The molecule has 0 bridgehead atoms. The zero-order chi connectivity index (χ0) is 26.6. The topological polar surface area (TPSA) is 83.6 Å². The first-order valence-electron chi connectivity index (χ1n) is 13.6. The lowest BCUT2D eigenvalue weighted by atomic mass is 9.85. The lowest BCUT2D eigenvalue weighted by Gasteiger charge is -2.42.